The first-order valence-corrected chi connectivity index (χ1v) is 6.17. The number of benzene rings is 1. The standard InChI is InChI=1S/C10H11N3O3S.Na/c1-7-6-10(11)13(12-7)8-2-4-9(5-3-8)17(14,15)16;/h2-6H,11H2,1H3,(H,14,15,16);/q;+1/p-1. The quantitative estimate of drug-likeness (QED) is 0.489. The largest absolute Gasteiger partial charge is 1.00 e. The van der Waals surface area contributed by atoms with Gasteiger partial charge >= 0.3 is 29.6 Å². The van der Waals surface area contributed by atoms with Crippen LogP contribution < -0.4 is 35.3 Å². The Hall–Kier alpha value is -0.860. The molecule has 2 rings (SSSR count). The third kappa shape index (κ3) is 3.12. The molecule has 0 aliphatic heterocycles. The second-order valence-electron chi connectivity index (χ2n) is 3.57. The van der Waals surface area contributed by atoms with Gasteiger partial charge in [0, 0.05) is 6.07 Å². The van der Waals surface area contributed by atoms with Gasteiger partial charge in [-0.25, -0.2) is 13.1 Å². The molecular weight excluding hydrogens is 265 g/mol. The summed E-state index contributed by atoms with van der Waals surface area (Å²) in [6, 6.07) is 7.11. The van der Waals surface area contributed by atoms with E-state index in [-0.39, 0.29) is 34.5 Å². The molecule has 0 aliphatic rings. The van der Waals surface area contributed by atoms with Crippen LogP contribution in [0.4, 0.5) is 5.82 Å². The van der Waals surface area contributed by atoms with E-state index in [1.54, 1.807) is 13.0 Å². The molecule has 0 saturated heterocycles. The topological polar surface area (TPSA) is 101 Å². The number of anilines is 1. The van der Waals surface area contributed by atoms with Gasteiger partial charge in [0.2, 0.25) is 0 Å². The van der Waals surface area contributed by atoms with E-state index in [0.717, 1.165) is 5.69 Å². The fraction of sp³-hybridized carbons (Fsp3) is 0.100. The number of nitrogens with zero attached hydrogens (tertiary/aromatic N) is 2. The molecule has 1 aromatic heterocycles. The van der Waals surface area contributed by atoms with Gasteiger partial charge in [-0.3, -0.25) is 0 Å². The molecule has 0 fully saturated rings. The number of hydrogen-bond acceptors (Lipinski definition) is 5. The second-order valence-corrected chi connectivity index (χ2v) is 4.95. The number of rotatable bonds is 2. The van der Waals surface area contributed by atoms with Crippen molar-refractivity contribution in [2.45, 2.75) is 11.8 Å². The van der Waals surface area contributed by atoms with Crippen molar-refractivity contribution in [1.29, 1.82) is 0 Å². The minimum atomic E-state index is -4.42. The Kier molecular flexibility index (Phi) is 4.57. The molecule has 1 aromatic carbocycles. The number of hydrogen-bond donors (Lipinski definition) is 1. The van der Waals surface area contributed by atoms with E-state index in [2.05, 4.69) is 5.10 Å². The Labute approximate surface area is 127 Å². The second kappa shape index (κ2) is 5.41. The molecule has 2 aromatic rings. The normalized spacial score (nSPS) is 11.0. The number of aryl methyl sites for hydroxylation is 1. The van der Waals surface area contributed by atoms with Crippen molar-refractivity contribution in [3.8, 4) is 5.69 Å². The molecule has 18 heavy (non-hydrogen) atoms. The van der Waals surface area contributed by atoms with E-state index in [1.165, 1.54) is 28.9 Å². The van der Waals surface area contributed by atoms with Crippen LogP contribution in [0.1, 0.15) is 5.69 Å². The van der Waals surface area contributed by atoms with Crippen LogP contribution in [-0.2, 0) is 10.1 Å². The zero-order chi connectivity index (χ0) is 12.6. The van der Waals surface area contributed by atoms with Gasteiger partial charge < -0.3 is 10.3 Å². The molecule has 0 amide bonds. The monoisotopic (exact) mass is 275 g/mol. The molecule has 0 radical (unpaired) electrons. The van der Waals surface area contributed by atoms with Crippen molar-refractivity contribution in [3.63, 3.8) is 0 Å². The fourth-order valence-corrected chi connectivity index (χ4v) is 1.95. The Bertz CT molecular complexity index is 650. The van der Waals surface area contributed by atoms with Crippen molar-refractivity contribution in [2.75, 3.05) is 5.73 Å². The van der Waals surface area contributed by atoms with Gasteiger partial charge in [0.05, 0.1) is 16.3 Å². The molecular formula is C10H10N3NaO3S. The Morgan fingerprint density at radius 2 is 1.83 bits per heavy atom. The van der Waals surface area contributed by atoms with Crippen LogP contribution in [0.25, 0.3) is 5.69 Å². The number of aromatic nitrogens is 2. The summed E-state index contributed by atoms with van der Waals surface area (Å²) in [6.45, 7) is 1.79. The molecule has 1 heterocycles. The molecule has 2 N–H and O–H groups in total. The molecule has 0 bridgehead atoms. The van der Waals surface area contributed by atoms with Gasteiger partial charge in [-0.1, -0.05) is 0 Å². The van der Waals surface area contributed by atoms with Gasteiger partial charge in [-0.05, 0) is 31.2 Å². The van der Waals surface area contributed by atoms with Crippen molar-refractivity contribution in [1.82, 2.24) is 9.78 Å². The van der Waals surface area contributed by atoms with E-state index < -0.39 is 10.1 Å². The molecule has 8 heteroatoms. The SMILES string of the molecule is Cc1cc(N)n(-c2ccc(S(=O)(=O)[O-])cc2)n1.[Na+]. The predicted octanol–water partition coefficient (Wildman–Crippen LogP) is -2.33. The first kappa shape index (κ1) is 15.2. The summed E-state index contributed by atoms with van der Waals surface area (Å²) in [5.74, 6) is 0.445. The number of nitrogen functional groups attached to an aromatic ring is 1. The Balaban J connectivity index is 0.00000162. The van der Waals surface area contributed by atoms with Gasteiger partial charge in [-0.15, -0.1) is 0 Å². The Morgan fingerprint density at radius 1 is 1.28 bits per heavy atom. The summed E-state index contributed by atoms with van der Waals surface area (Å²) in [5, 5.41) is 4.14. The summed E-state index contributed by atoms with van der Waals surface area (Å²) < 4.78 is 33.7. The zero-order valence-corrected chi connectivity index (χ0v) is 12.8. The van der Waals surface area contributed by atoms with Crippen LogP contribution >= 0.6 is 0 Å². The van der Waals surface area contributed by atoms with E-state index in [0.29, 0.717) is 11.5 Å². The van der Waals surface area contributed by atoms with Crippen LogP contribution in [0.3, 0.4) is 0 Å². The van der Waals surface area contributed by atoms with Gasteiger partial charge in [0.15, 0.2) is 0 Å². The molecule has 90 valence electrons. The van der Waals surface area contributed by atoms with Crippen molar-refractivity contribution in [2.24, 2.45) is 0 Å². The summed E-state index contributed by atoms with van der Waals surface area (Å²) >= 11 is 0. The molecule has 0 aliphatic carbocycles. The average molecular weight is 275 g/mol. The molecule has 0 atom stereocenters. The maximum absolute atomic E-state index is 10.7. The molecule has 0 saturated carbocycles. The summed E-state index contributed by atoms with van der Waals surface area (Å²) in [6.07, 6.45) is 0. The van der Waals surface area contributed by atoms with Gasteiger partial charge in [-0.2, -0.15) is 5.10 Å². The fourth-order valence-electron chi connectivity index (χ4n) is 1.48. The molecule has 6 nitrogen and oxygen atoms in total. The van der Waals surface area contributed by atoms with E-state index in [4.69, 9.17) is 5.73 Å². The van der Waals surface area contributed by atoms with Crippen molar-refractivity contribution < 1.29 is 42.5 Å². The molecule has 0 unspecified atom stereocenters. The van der Waals surface area contributed by atoms with Crippen molar-refractivity contribution >= 4 is 15.9 Å². The van der Waals surface area contributed by atoms with Crippen LogP contribution in [0.2, 0.25) is 0 Å². The summed E-state index contributed by atoms with van der Waals surface area (Å²) in [5.41, 5.74) is 7.07. The predicted molar refractivity (Wildman–Crippen MR) is 60.7 cm³/mol. The van der Waals surface area contributed by atoms with Crippen LogP contribution in [-0.4, -0.2) is 22.8 Å². The van der Waals surface area contributed by atoms with Crippen LogP contribution in [0.5, 0.6) is 0 Å². The first-order valence-electron chi connectivity index (χ1n) is 4.76. The van der Waals surface area contributed by atoms with Gasteiger partial charge in [0.25, 0.3) is 0 Å². The number of nitrogens with two attached hydrogens (primary N) is 1. The van der Waals surface area contributed by atoms with E-state index in [9.17, 15) is 13.0 Å². The zero-order valence-electron chi connectivity index (χ0n) is 9.99. The van der Waals surface area contributed by atoms with Crippen LogP contribution in [0, 0.1) is 6.92 Å². The third-order valence-electron chi connectivity index (χ3n) is 2.23. The first-order chi connectivity index (χ1) is 7.88. The van der Waals surface area contributed by atoms with Crippen LogP contribution in [0.15, 0.2) is 35.2 Å². The Morgan fingerprint density at radius 3 is 2.22 bits per heavy atom. The smallest absolute Gasteiger partial charge is 0.744 e. The van der Waals surface area contributed by atoms with Gasteiger partial charge in [0.1, 0.15) is 15.9 Å². The summed E-state index contributed by atoms with van der Waals surface area (Å²) in [4.78, 5) is -0.274. The minimum absolute atomic E-state index is 0. The minimum Gasteiger partial charge on any atom is -0.744 e. The average Bonchev–Trinajstić information content (AvgIpc) is 2.57. The maximum atomic E-state index is 10.7. The van der Waals surface area contributed by atoms with E-state index in [1.807, 2.05) is 0 Å². The van der Waals surface area contributed by atoms with Crippen molar-refractivity contribution in [3.05, 3.63) is 36.0 Å². The molecule has 0 spiro atoms. The third-order valence-corrected chi connectivity index (χ3v) is 3.08. The van der Waals surface area contributed by atoms with E-state index >= 15 is 0 Å². The maximum Gasteiger partial charge on any atom is 1.00 e. The summed E-state index contributed by atoms with van der Waals surface area (Å²) in [7, 11) is -4.42.